The zero-order valence-electron chi connectivity index (χ0n) is 15.2. The van der Waals surface area contributed by atoms with Crippen molar-refractivity contribution in [1.29, 1.82) is 0 Å². The highest BCUT2D eigenvalue weighted by Crippen LogP contribution is 2.17. The molecule has 0 spiro atoms. The molecule has 0 unspecified atom stereocenters. The fraction of sp³-hybridized carbons (Fsp3) is 0.250. The fourth-order valence-electron chi connectivity index (χ4n) is 2.95. The maximum absolute atomic E-state index is 3.26. The molecule has 0 saturated heterocycles. The summed E-state index contributed by atoms with van der Waals surface area (Å²) in [5.74, 6) is 0.600. The van der Waals surface area contributed by atoms with Crippen LogP contribution in [0.25, 0.3) is 23.1 Å². The van der Waals surface area contributed by atoms with Crippen LogP contribution in [0.15, 0.2) is 66.9 Å². The van der Waals surface area contributed by atoms with Crippen molar-refractivity contribution in [2.45, 2.75) is 39.0 Å². The minimum absolute atomic E-state index is 0.600. The van der Waals surface area contributed by atoms with E-state index in [-0.39, 0.29) is 0 Å². The van der Waals surface area contributed by atoms with Gasteiger partial charge in [-0.15, -0.1) is 0 Å². The summed E-state index contributed by atoms with van der Waals surface area (Å²) in [4.78, 5) is 3.26. The van der Waals surface area contributed by atoms with Gasteiger partial charge in [-0.1, -0.05) is 74.5 Å². The number of hydrogen-bond acceptors (Lipinski definition) is 0. The first-order valence-electron chi connectivity index (χ1n) is 9.22. The van der Waals surface area contributed by atoms with Crippen molar-refractivity contribution < 1.29 is 0 Å². The van der Waals surface area contributed by atoms with Gasteiger partial charge < -0.3 is 4.98 Å². The topological polar surface area (TPSA) is 15.8 Å². The van der Waals surface area contributed by atoms with Crippen molar-refractivity contribution in [1.82, 2.24) is 4.98 Å². The number of aromatic nitrogens is 1. The van der Waals surface area contributed by atoms with E-state index in [0.29, 0.717) is 5.92 Å². The number of benzene rings is 2. The van der Waals surface area contributed by atoms with E-state index in [1.54, 1.807) is 0 Å². The summed E-state index contributed by atoms with van der Waals surface area (Å²) >= 11 is 0. The summed E-state index contributed by atoms with van der Waals surface area (Å²) in [5, 5.41) is 1.27. The largest absolute Gasteiger partial charge is 0.361 e. The standard InChI is InChI=1S/C24H27N/c1-19(2)22-13-10-20(11-14-22)8-6-4-3-5-7-9-21-12-15-23-16-17-25-24(23)18-21/h6-19,25H,3-5H2,1-2H3/b8-6+,9-7+. The van der Waals surface area contributed by atoms with E-state index in [2.05, 4.69) is 91.7 Å². The maximum Gasteiger partial charge on any atom is 0.0459 e. The number of nitrogens with one attached hydrogen (secondary N) is 1. The van der Waals surface area contributed by atoms with Crippen LogP contribution in [0.3, 0.4) is 0 Å². The molecule has 0 atom stereocenters. The zero-order valence-corrected chi connectivity index (χ0v) is 15.2. The first-order valence-corrected chi connectivity index (χ1v) is 9.22. The van der Waals surface area contributed by atoms with Gasteiger partial charge in [0.2, 0.25) is 0 Å². The molecule has 0 saturated carbocycles. The Labute approximate surface area is 151 Å². The van der Waals surface area contributed by atoms with E-state index in [9.17, 15) is 0 Å². The molecule has 0 bridgehead atoms. The summed E-state index contributed by atoms with van der Waals surface area (Å²) in [7, 11) is 0. The Balaban J connectivity index is 1.42. The number of unbranched alkanes of at least 4 members (excludes halogenated alkanes) is 2. The number of hydrogen-bond donors (Lipinski definition) is 1. The van der Waals surface area contributed by atoms with Gasteiger partial charge in [0.05, 0.1) is 0 Å². The molecule has 0 aliphatic carbocycles. The first-order chi connectivity index (χ1) is 12.2. The van der Waals surface area contributed by atoms with E-state index < -0.39 is 0 Å². The third kappa shape index (κ3) is 4.96. The molecule has 0 amide bonds. The maximum atomic E-state index is 3.26. The van der Waals surface area contributed by atoms with Crippen LogP contribution >= 0.6 is 0 Å². The van der Waals surface area contributed by atoms with Crippen molar-refractivity contribution in [2.75, 3.05) is 0 Å². The lowest BCUT2D eigenvalue weighted by atomic mass is 10.0. The van der Waals surface area contributed by atoms with Gasteiger partial charge in [0.25, 0.3) is 0 Å². The summed E-state index contributed by atoms with van der Waals surface area (Å²) in [6, 6.07) is 17.5. The predicted octanol–water partition coefficient (Wildman–Crippen LogP) is 7.19. The van der Waals surface area contributed by atoms with Crippen LogP contribution in [0.5, 0.6) is 0 Å². The van der Waals surface area contributed by atoms with Crippen LogP contribution in [-0.4, -0.2) is 4.98 Å². The summed E-state index contributed by atoms with van der Waals surface area (Å²) in [6.07, 6.45) is 14.4. The van der Waals surface area contributed by atoms with Gasteiger partial charge in [-0.2, -0.15) is 0 Å². The molecule has 1 nitrogen and oxygen atoms in total. The lowest BCUT2D eigenvalue weighted by Crippen LogP contribution is -1.85. The number of fused-ring (bicyclic) bond motifs is 1. The molecule has 1 aromatic heterocycles. The predicted molar refractivity (Wildman–Crippen MR) is 111 cm³/mol. The van der Waals surface area contributed by atoms with E-state index in [4.69, 9.17) is 0 Å². The second kappa shape index (κ2) is 8.53. The molecule has 0 fully saturated rings. The van der Waals surface area contributed by atoms with Gasteiger partial charge >= 0.3 is 0 Å². The molecular weight excluding hydrogens is 302 g/mol. The molecule has 1 N–H and O–H groups in total. The monoisotopic (exact) mass is 329 g/mol. The summed E-state index contributed by atoms with van der Waals surface area (Å²) in [6.45, 7) is 4.46. The Bertz CT molecular complexity index is 847. The second-order valence-electron chi connectivity index (χ2n) is 6.88. The van der Waals surface area contributed by atoms with Crippen LogP contribution in [0.2, 0.25) is 0 Å². The Morgan fingerprint density at radius 2 is 1.52 bits per heavy atom. The van der Waals surface area contributed by atoms with E-state index in [1.807, 2.05) is 6.20 Å². The van der Waals surface area contributed by atoms with Crippen LogP contribution in [0.1, 0.15) is 55.7 Å². The highest BCUT2D eigenvalue weighted by atomic mass is 14.7. The van der Waals surface area contributed by atoms with E-state index >= 15 is 0 Å². The normalized spacial score (nSPS) is 12.1. The molecule has 0 aliphatic rings. The minimum atomic E-state index is 0.600. The molecule has 128 valence electrons. The summed E-state index contributed by atoms with van der Waals surface area (Å²) < 4.78 is 0. The Hall–Kier alpha value is -2.54. The van der Waals surface area contributed by atoms with Crippen LogP contribution in [0, 0.1) is 0 Å². The smallest absolute Gasteiger partial charge is 0.0459 e. The molecule has 2 aromatic carbocycles. The Kier molecular flexibility index (Phi) is 5.90. The first kappa shape index (κ1) is 17.3. The Morgan fingerprint density at radius 3 is 2.24 bits per heavy atom. The highest BCUT2D eigenvalue weighted by Gasteiger charge is 1.97. The molecule has 0 radical (unpaired) electrons. The number of aromatic amines is 1. The lowest BCUT2D eigenvalue weighted by Gasteiger charge is -2.04. The van der Waals surface area contributed by atoms with Gasteiger partial charge in [-0.05, 0) is 59.4 Å². The lowest BCUT2D eigenvalue weighted by molar-refractivity contribution is 0.866. The van der Waals surface area contributed by atoms with Gasteiger partial charge in [0.15, 0.2) is 0 Å². The van der Waals surface area contributed by atoms with Crippen LogP contribution in [0.4, 0.5) is 0 Å². The van der Waals surface area contributed by atoms with E-state index in [1.165, 1.54) is 34.0 Å². The average molecular weight is 329 g/mol. The molecule has 0 aliphatic heterocycles. The van der Waals surface area contributed by atoms with Crippen molar-refractivity contribution in [3.8, 4) is 0 Å². The molecule has 1 heteroatoms. The molecule has 1 heterocycles. The van der Waals surface area contributed by atoms with Crippen molar-refractivity contribution in [2.24, 2.45) is 0 Å². The number of H-pyrrole nitrogens is 1. The SMILES string of the molecule is CC(C)c1ccc(/C=C/CCC/C=C/c2ccc3cc[nH]c3c2)cc1. The third-order valence-electron chi connectivity index (χ3n) is 4.54. The second-order valence-corrected chi connectivity index (χ2v) is 6.88. The summed E-state index contributed by atoms with van der Waals surface area (Å²) in [5.41, 5.74) is 5.16. The van der Waals surface area contributed by atoms with Crippen molar-refractivity contribution in [3.05, 3.63) is 83.6 Å². The van der Waals surface area contributed by atoms with Crippen LogP contribution < -0.4 is 0 Å². The minimum Gasteiger partial charge on any atom is -0.361 e. The quantitative estimate of drug-likeness (QED) is 0.441. The highest BCUT2D eigenvalue weighted by molar-refractivity contribution is 5.81. The van der Waals surface area contributed by atoms with Gasteiger partial charge in [0, 0.05) is 11.7 Å². The Morgan fingerprint density at radius 1 is 0.840 bits per heavy atom. The molecular formula is C24H27N. The number of allylic oxidation sites excluding steroid dienone is 2. The zero-order chi connectivity index (χ0) is 17.5. The molecule has 3 rings (SSSR count). The molecule has 3 aromatic rings. The van der Waals surface area contributed by atoms with Gasteiger partial charge in [0.1, 0.15) is 0 Å². The average Bonchev–Trinajstić information content (AvgIpc) is 3.09. The third-order valence-corrected chi connectivity index (χ3v) is 4.54. The van der Waals surface area contributed by atoms with E-state index in [0.717, 1.165) is 12.8 Å². The fourth-order valence-corrected chi connectivity index (χ4v) is 2.95. The number of rotatable bonds is 7. The van der Waals surface area contributed by atoms with Crippen molar-refractivity contribution >= 4 is 23.1 Å². The van der Waals surface area contributed by atoms with Crippen LogP contribution in [-0.2, 0) is 0 Å². The molecule has 25 heavy (non-hydrogen) atoms. The van der Waals surface area contributed by atoms with Gasteiger partial charge in [-0.3, -0.25) is 0 Å². The van der Waals surface area contributed by atoms with Gasteiger partial charge in [-0.25, -0.2) is 0 Å². The van der Waals surface area contributed by atoms with Crippen molar-refractivity contribution in [3.63, 3.8) is 0 Å².